The number of carbonyl (C=O) groups is 2. The summed E-state index contributed by atoms with van der Waals surface area (Å²) in [6, 6.07) is 5.12. The second-order valence-electron chi connectivity index (χ2n) is 6.26. The van der Waals surface area contributed by atoms with E-state index in [9.17, 15) is 9.59 Å². The summed E-state index contributed by atoms with van der Waals surface area (Å²) in [6.07, 6.45) is 5.01. The lowest BCUT2D eigenvalue weighted by Gasteiger charge is -2.32. The molecule has 0 spiro atoms. The highest BCUT2D eigenvalue weighted by atomic mass is 16.4. The Kier molecular flexibility index (Phi) is 3.70. The van der Waals surface area contributed by atoms with Crippen molar-refractivity contribution in [2.45, 2.75) is 39.0 Å². The van der Waals surface area contributed by atoms with Crippen molar-refractivity contribution in [3.05, 3.63) is 29.3 Å². The fourth-order valence-electron chi connectivity index (χ4n) is 3.67. The molecule has 2 atom stereocenters. The molecule has 1 aromatic carbocycles. The number of benzene rings is 1. The predicted molar refractivity (Wildman–Crippen MR) is 80.6 cm³/mol. The number of amides is 1. The molecule has 3 rings (SSSR count). The molecule has 4 nitrogen and oxygen atoms in total. The molecule has 0 aromatic heterocycles. The van der Waals surface area contributed by atoms with E-state index >= 15 is 0 Å². The minimum Gasteiger partial charge on any atom is -0.478 e. The number of hydrogen-bond acceptors (Lipinski definition) is 2. The highest BCUT2D eigenvalue weighted by molar-refractivity contribution is 5.97. The third-order valence-corrected chi connectivity index (χ3v) is 4.89. The molecule has 0 radical (unpaired) electrons. The number of carboxylic acid groups (broad SMARTS) is 1. The molecule has 1 N–H and O–H groups in total. The molecule has 1 aliphatic heterocycles. The zero-order valence-corrected chi connectivity index (χ0v) is 12.3. The molecule has 21 heavy (non-hydrogen) atoms. The SMILES string of the molecule is CC1CCCC1C(=O)N1CCCc2cc(C(=O)O)ccc21. The van der Waals surface area contributed by atoms with Crippen LogP contribution in [0.4, 0.5) is 5.69 Å². The number of hydrogen-bond donors (Lipinski definition) is 1. The van der Waals surface area contributed by atoms with Gasteiger partial charge in [-0.3, -0.25) is 4.79 Å². The quantitative estimate of drug-likeness (QED) is 0.909. The lowest BCUT2D eigenvalue weighted by molar-refractivity contribution is -0.123. The summed E-state index contributed by atoms with van der Waals surface area (Å²) >= 11 is 0. The smallest absolute Gasteiger partial charge is 0.335 e. The van der Waals surface area contributed by atoms with Gasteiger partial charge in [-0.15, -0.1) is 0 Å². The summed E-state index contributed by atoms with van der Waals surface area (Å²) in [4.78, 5) is 25.8. The number of nitrogens with zero attached hydrogens (tertiary/aromatic N) is 1. The van der Waals surface area contributed by atoms with Crippen LogP contribution in [-0.2, 0) is 11.2 Å². The number of rotatable bonds is 2. The van der Waals surface area contributed by atoms with Crippen LogP contribution in [0.25, 0.3) is 0 Å². The Bertz CT molecular complexity index is 581. The molecule has 2 aliphatic rings. The molecule has 1 amide bonds. The van der Waals surface area contributed by atoms with Gasteiger partial charge in [0.15, 0.2) is 0 Å². The lowest BCUT2D eigenvalue weighted by Crippen LogP contribution is -2.40. The molecule has 4 heteroatoms. The van der Waals surface area contributed by atoms with E-state index in [2.05, 4.69) is 6.92 Å². The van der Waals surface area contributed by atoms with Crippen molar-refractivity contribution in [1.29, 1.82) is 0 Å². The van der Waals surface area contributed by atoms with Crippen molar-refractivity contribution < 1.29 is 14.7 Å². The first-order chi connectivity index (χ1) is 10.1. The molecule has 1 heterocycles. The third-order valence-electron chi connectivity index (χ3n) is 4.89. The van der Waals surface area contributed by atoms with Gasteiger partial charge in [-0.25, -0.2) is 4.79 Å². The molecule has 1 aliphatic carbocycles. The van der Waals surface area contributed by atoms with Gasteiger partial charge in [-0.2, -0.15) is 0 Å². The van der Waals surface area contributed by atoms with E-state index < -0.39 is 5.97 Å². The van der Waals surface area contributed by atoms with Gasteiger partial charge in [0.25, 0.3) is 0 Å². The van der Waals surface area contributed by atoms with Crippen LogP contribution in [0, 0.1) is 11.8 Å². The Labute approximate surface area is 124 Å². The topological polar surface area (TPSA) is 57.6 Å². The monoisotopic (exact) mass is 287 g/mol. The first kappa shape index (κ1) is 14.1. The highest BCUT2D eigenvalue weighted by Gasteiger charge is 2.34. The maximum atomic E-state index is 12.8. The first-order valence-electron chi connectivity index (χ1n) is 7.75. The van der Waals surface area contributed by atoms with Crippen LogP contribution >= 0.6 is 0 Å². The standard InChI is InChI=1S/C17H21NO3/c1-11-4-2-6-14(11)16(19)18-9-3-5-12-10-13(17(20)21)7-8-15(12)18/h7-8,10-11,14H,2-6,9H2,1H3,(H,20,21). The van der Waals surface area contributed by atoms with Crippen molar-refractivity contribution in [2.24, 2.45) is 11.8 Å². The van der Waals surface area contributed by atoms with Crippen LogP contribution in [0.5, 0.6) is 0 Å². The Morgan fingerprint density at radius 2 is 2.05 bits per heavy atom. The van der Waals surface area contributed by atoms with Crippen LogP contribution in [0.3, 0.4) is 0 Å². The second kappa shape index (κ2) is 5.51. The van der Waals surface area contributed by atoms with E-state index in [1.807, 2.05) is 4.90 Å². The molecule has 0 saturated heterocycles. The summed E-state index contributed by atoms with van der Waals surface area (Å²) in [5.74, 6) is -0.0917. The Hall–Kier alpha value is -1.84. The maximum absolute atomic E-state index is 12.8. The fraction of sp³-hybridized carbons (Fsp3) is 0.529. The van der Waals surface area contributed by atoms with Crippen LogP contribution in [0.1, 0.15) is 48.5 Å². The van der Waals surface area contributed by atoms with Crippen molar-refractivity contribution in [2.75, 3.05) is 11.4 Å². The van der Waals surface area contributed by atoms with E-state index in [-0.39, 0.29) is 11.8 Å². The second-order valence-corrected chi connectivity index (χ2v) is 6.26. The molecule has 112 valence electrons. The first-order valence-corrected chi connectivity index (χ1v) is 7.75. The van der Waals surface area contributed by atoms with Gasteiger partial charge >= 0.3 is 5.97 Å². The lowest BCUT2D eigenvalue weighted by atomic mass is 9.93. The number of carbonyl (C=O) groups excluding carboxylic acids is 1. The minimum atomic E-state index is -0.911. The summed E-state index contributed by atoms with van der Waals surface area (Å²) in [5.41, 5.74) is 2.20. The molecule has 1 saturated carbocycles. The minimum absolute atomic E-state index is 0.134. The van der Waals surface area contributed by atoms with Gasteiger partial charge in [0, 0.05) is 18.2 Å². The van der Waals surface area contributed by atoms with Crippen LogP contribution < -0.4 is 4.90 Å². The van der Waals surface area contributed by atoms with E-state index in [4.69, 9.17) is 5.11 Å². The predicted octanol–water partition coefficient (Wildman–Crippen LogP) is 3.10. The summed E-state index contributed by atoms with van der Waals surface area (Å²) in [5, 5.41) is 9.09. The number of carboxylic acids is 1. The number of anilines is 1. The van der Waals surface area contributed by atoms with Gasteiger partial charge in [-0.05, 0) is 55.4 Å². The average molecular weight is 287 g/mol. The van der Waals surface area contributed by atoms with Gasteiger partial charge in [0.05, 0.1) is 5.56 Å². The van der Waals surface area contributed by atoms with Crippen LogP contribution in [-0.4, -0.2) is 23.5 Å². The third kappa shape index (κ3) is 2.55. The van der Waals surface area contributed by atoms with E-state index in [0.29, 0.717) is 11.5 Å². The molecule has 1 fully saturated rings. The average Bonchev–Trinajstić information content (AvgIpc) is 2.91. The Morgan fingerprint density at radius 1 is 1.24 bits per heavy atom. The van der Waals surface area contributed by atoms with Gasteiger partial charge in [-0.1, -0.05) is 13.3 Å². The van der Waals surface area contributed by atoms with Gasteiger partial charge in [0.1, 0.15) is 0 Å². The molecular weight excluding hydrogens is 266 g/mol. The summed E-state index contributed by atoms with van der Waals surface area (Å²) in [7, 11) is 0. The maximum Gasteiger partial charge on any atom is 0.335 e. The van der Waals surface area contributed by atoms with Gasteiger partial charge < -0.3 is 10.0 Å². The number of fused-ring (bicyclic) bond motifs is 1. The molecule has 2 unspecified atom stereocenters. The van der Waals surface area contributed by atoms with Gasteiger partial charge in [0.2, 0.25) is 5.91 Å². The summed E-state index contributed by atoms with van der Waals surface area (Å²) < 4.78 is 0. The largest absolute Gasteiger partial charge is 0.478 e. The molecular formula is C17H21NO3. The molecule has 1 aromatic rings. The summed E-state index contributed by atoms with van der Waals surface area (Å²) in [6.45, 7) is 2.91. The van der Waals surface area contributed by atoms with E-state index in [0.717, 1.165) is 49.9 Å². The normalized spacial score (nSPS) is 24.7. The number of aromatic carboxylic acids is 1. The zero-order valence-electron chi connectivity index (χ0n) is 12.3. The van der Waals surface area contributed by atoms with E-state index in [1.165, 1.54) is 0 Å². The Balaban J connectivity index is 1.90. The van der Waals surface area contributed by atoms with Crippen LogP contribution in [0.2, 0.25) is 0 Å². The van der Waals surface area contributed by atoms with Crippen molar-refractivity contribution >= 4 is 17.6 Å². The number of aryl methyl sites for hydroxylation is 1. The van der Waals surface area contributed by atoms with Crippen molar-refractivity contribution in [1.82, 2.24) is 0 Å². The van der Waals surface area contributed by atoms with Crippen molar-refractivity contribution in [3.8, 4) is 0 Å². The van der Waals surface area contributed by atoms with Crippen molar-refractivity contribution in [3.63, 3.8) is 0 Å². The fourth-order valence-corrected chi connectivity index (χ4v) is 3.67. The Morgan fingerprint density at radius 3 is 2.71 bits per heavy atom. The zero-order chi connectivity index (χ0) is 15.0. The van der Waals surface area contributed by atoms with E-state index in [1.54, 1.807) is 18.2 Å². The molecule has 0 bridgehead atoms. The van der Waals surface area contributed by atoms with Crippen LogP contribution in [0.15, 0.2) is 18.2 Å². The highest BCUT2D eigenvalue weighted by Crippen LogP contribution is 2.36.